The van der Waals surface area contributed by atoms with Gasteiger partial charge in [0.1, 0.15) is 5.82 Å². The molecule has 0 saturated carbocycles. The molecule has 1 amide bonds. The Morgan fingerprint density at radius 3 is 2.21 bits per heavy atom. The smallest absolute Gasteiger partial charge is 0.336 e. The van der Waals surface area contributed by atoms with Gasteiger partial charge in [0.05, 0.1) is 31.0 Å². The van der Waals surface area contributed by atoms with Crippen LogP contribution in [0.25, 0.3) is 0 Å². The molecule has 11 nitrogen and oxygen atoms in total. The predicted octanol–water partition coefficient (Wildman–Crippen LogP) is 3.00. The van der Waals surface area contributed by atoms with Gasteiger partial charge in [-0.25, -0.2) is 9.18 Å². The number of carbonyl (C=O) groups excluding carboxylic acids is 1. The van der Waals surface area contributed by atoms with Crippen LogP contribution in [-0.4, -0.2) is 93.4 Å². The van der Waals surface area contributed by atoms with Crippen molar-refractivity contribution >= 4 is 35.4 Å². The van der Waals surface area contributed by atoms with Crippen LogP contribution in [0.15, 0.2) is 42.5 Å². The van der Waals surface area contributed by atoms with Crippen LogP contribution in [0, 0.1) is 11.7 Å². The zero-order valence-electron chi connectivity index (χ0n) is 24.0. The average molecular weight is 623 g/mol. The monoisotopic (exact) mass is 622 g/mol. The fourth-order valence-corrected chi connectivity index (χ4v) is 5.68. The molecular weight excluding hydrogens is 587 g/mol. The number of carboxylic acids is 3. The van der Waals surface area contributed by atoms with Gasteiger partial charge in [-0.2, -0.15) is 0 Å². The third kappa shape index (κ3) is 8.73. The Morgan fingerprint density at radius 2 is 1.65 bits per heavy atom. The number of benzene rings is 2. The van der Waals surface area contributed by atoms with E-state index in [9.17, 15) is 23.6 Å². The van der Waals surface area contributed by atoms with Gasteiger partial charge in [-0.05, 0) is 54.2 Å². The molecule has 0 aliphatic carbocycles. The zero-order valence-corrected chi connectivity index (χ0v) is 24.7. The quantitative estimate of drug-likeness (QED) is 0.309. The summed E-state index contributed by atoms with van der Waals surface area (Å²) in [7, 11) is 3.52. The number of amides is 1. The molecule has 43 heavy (non-hydrogen) atoms. The first-order valence-corrected chi connectivity index (χ1v) is 14.0. The van der Waals surface area contributed by atoms with E-state index < -0.39 is 36.4 Å². The van der Waals surface area contributed by atoms with Gasteiger partial charge in [-0.15, -0.1) is 0 Å². The highest BCUT2D eigenvalue weighted by atomic mass is 35.5. The van der Waals surface area contributed by atoms with E-state index in [-0.39, 0.29) is 23.2 Å². The lowest BCUT2D eigenvalue weighted by molar-refractivity contribution is -0.170. The minimum atomic E-state index is -2.74. The third-order valence-corrected chi connectivity index (χ3v) is 8.07. The summed E-state index contributed by atoms with van der Waals surface area (Å²) in [6.45, 7) is 3.03. The van der Waals surface area contributed by atoms with Crippen molar-refractivity contribution < 1.29 is 48.7 Å². The number of aliphatic hydroxyl groups is 1. The van der Waals surface area contributed by atoms with E-state index in [0.29, 0.717) is 30.2 Å². The molecule has 234 valence electrons. The first kappa shape index (κ1) is 33.9. The van der Waals surface area contributed by atoms with Gasteiger partial charge in [0.25, 0.3) is 0 Å². The highest BCUT2D eigenvalue weighted by Gasteiger charge is 2.43. The van der Waals surface area contributed by atoms with Crippen molar-refractivity contribution in [3.63, 3.8) is 0 Å². The highest BCUT2D eigenvalue weighted by molar-refractivity contribution is 6.31. The molecule has 1 atom stereocenters. The Bertz CT molecular complexity index is 1330. The molecule has 1 unspecified atom stereocenters. The molecular formula is C30H36ClFN2O9. The van der Waals surface area contributed by atoms with Crippen LogP contribution in [0.4, 0.5) is 4.39 Å². The summed E-state index contributed by atoms with van der Waals surface area (Å²) in [4.78, 5) is 47.3. The Morgan fingerprint density at radius 1 is 1.05 bits per heavy atom. The molecule has 0 bridgehead atoms. The number of ether oxygens (including phenoxy) is 1. The Labute approximate surface area is 253 Å². The van der Waals surface area contributed by atoms with Gasteiger partial charge in [-0.1, -0.05) is 35.9 Å². The van der Waals surface area contributed by atoms with E-state index in [0.717, 1.165) is 25.9 Å². The minimum absolute atomic E-state index is 0.0399. The predicted molar refractivity (Wildman–Crippen MR) is 153 cm³/mol. The Hall–Kier alpha value is -3.58. The van der Waals surface area contributed by atoms with Crippen molar-refractivity contribution in [3.05, 3.63) is 70.0 Å². The lowest BCUT2D eigenvalue weighted by Crippen LogP contribution is -2.46. The van der Waals surface area contributed by atoms with E-state index in [2.05, 4.69) is 29.2 Å². The number of halogens is 2. The standard InChI is InChI=1S/C24H28ClFN2O2.C6H8O7/c1-27(2)23(29)19(13-18-14-20(26)7-8-22(18)25)15-28-11-9-24(10-12-28)21-6-4-3-5-17(21)16-30-24;7-3(8)1-6(13,5(11)12)2-4(9)10/h3-8,14,19H,9-13,15-16H2,1-2H3;13H,1-2H2,(H,7,8)(H,9,10)(H,11,12). The number of likely N-dealkylation sites (tertiary alicyclic amines) is 1. The number of carboxylic acid groups (broad SMARTS) is 3. The number of hydrogen-bond acceptors (Lipinski definition) is 7. The van der Waals surface area contributed by atoms with Crippen molar-refractivity contribution in [1.82, 2.24) is 9.80 Å². The van der Waals surface area contributed by atoms with Gasteiger partial charge >= 0.3 is 17.9 Å². The van der Waals surface area contributed by atoms with Crippen molar-refractivity contribution in [2.45, 2.75) is 49.9 Å². The van der Waals surface area contributed by atoms with Crippen LogP contribution in [0.5, 0.6) is 0 Å². The maximum atomic E-state index is 13.7. The summed E-state index contributed by atoms with van der Waals surface area (Å²) >= 11 is 6.28. The Kier molecular flexibility index (Phi) is 11.2. The maximum absolute atomic E-state index is 13.7. The number of piperidine rings is 1. The van der Waals surface area contributed by atoms with Crippen LogP contribution in [0.3, 0.4) is 0 Å². The summed E-state index contributed by atoms with van der Waals surface area (Å²) in [6, 6.07) is 12.8. The van der Waals surface area contributed by atoms with Crippen molar-refractivity contribution in [3.8, 4) is 0 Å². The molecule has 2 aliphatic heterocycles. The second-order valence-corrected chi connectivity index (χ2v) is 11.5. The summed E-state index contributed by atoms with van der Waals surface area (Å²) in [5, 5.41) is 34.3. The van der Waals surface area contributed by atoms with Gasteiger partial charge in [0, 0.05) is 38.8 Å². The highest BCUT2D eigenvalue weighted by Crippen LogP contribution is 2.44. The summed E-state index contributed by atoms with van der Waals surface area (Å²) in [5.74, 6) is -5.58. The molecule has 2 heterocycles. The van der Waals surface area contributed by atoms with Crippen LogP contribution in [-0.2, 0) is 42.5 Å². The lowest BCUT2D eigenvalue weighted by atomic mass is 9.83. The number of rotatable bonds is 10. The number of nitrogens with zero attached hydrogens (tertiary/aromatic N) is 2. The van der Waals surface area contributed by atoms with Crippen molar-refractivity contribution in [2.24, 2.45) is 5.92 Å². The summed E-state index contributed by atoms with van der Waals surface area (Å²) < 4.78 is 20.0. The molecule has 4 rings (SSSR count). The first-order chi connectivity index (χ1) is 20.2. The molecule has 2 aromatic rings. The van der Waals surface area contributed by atoms with Crippen molar-refractivity contribution in [1.29, 1.82) is 0 Å². The van der Waals surface area contributed by atoms with Gasteiger partial charge < -0.3 is 35.0 Å². The number of fused-ring (bicyclic) bond motifs is 2. The molecule has 13 heteroatoms. The summed E-state index contributed by atoms with van der Waals surface area (Å²) in [5.41, 5.74) is 0.348. The van der Waals surface area contributed by atoms with E-state index in [1.54, 1.807) is 25.1 Å². The maximum Gasteiger partial charge on any atom is 0.336 e. The van der Waals surface area contributed by atoms with Gasteiger partial charge in [-0.3, -0.25) is 14.4 Å². The Balaban J connectivity index is 0.000000331. The zero-order chi connectivity index (χ0) is 31.9. The minimum Gasteiger partial charge on any atom is -0.481 e. The molecule has 1 spiro atoms. The molecule has 2 aliphatic rings. The second kappa shape index (κ2) is 14.3. The number of hydrogen-bond donors (Lipinski definition) is 4. The fourth-order valence-electron chi connectivity index (χ4n) is 5.48. The second-order valence-electron chi connectivity index (χ2n) is 11.1. The number of aliphatic carboxylic acids is 3. The molecule has 1 fully saturated rings. The largest absolute Gasteiger partial charge is 0.481 e. The first-order valence-electron chi connectivity index (χ1n) is 13.6. The normalized spacial score (nSPS) is 16.5. The molecule has 4 N–H and O–H groups in total. The molecule has 1 saturated heterocycles. The van der Waals surface area contributed by atoms with Crippen LogP contribution >= 0.6 is 11.6 Å². The van der Waals surface area contributed by atoms with Crippen LogP contribution < -0.4 is 0 Å². The summed E-state index contributed by atoms with van der Waals surface area (Å²) in [6.07, 6.45) is -0.0426. The van der Waals surface area contributed by atoms with Gasteiger partial charge in [0.15, 0.2) is 5.60 Å². The molecule has 0 radical (unpaired) electrons. The van der Waals surface area contributed by atoms with E-state index in [1.165, 1.54) is 23.3 Å². The molecule has 2 aromatic carbocycles. The third-order valence-electron chi connectivity index (χ3n) is 7.70. The topological polar surface area (TPSA) is 165 Å². The SMILES string of the molecule is CN(C)C(=O)C(Cc1cc(F)ccc1Cl)CN1CCC2(CC1)OCc1ccccc12.O=C(O)CC(O)(CC(=O)O)C(=O)O. The van der Waals surface area contributed by atoms with Crippen LogP contribution in [0.2, 0.25) is 5.02 Å². The van der Waals surface area contributed by atoms with Gasteiger partial charge in [0.2, 0.25) is 5.91 Å². The number of carbonyl (C=O) groups is 4. The van der Waals surface area contributed by atoms with Crippen molar-refractivity contribution in [2.75, 3.05) is 33.7 Å². The van der Waals surface area contributed by atoms with E-state index in [1.807, 2.05) is 0 Å². The molecule has 0 aromatic heterocycles. The average Bonchev–Trinajstić information content (AvgIpc) is 3.28. The lowest BCUT2D eigenvalue weighted by Gasteiger charge is -2.40. The van der Waals surface area contributed by atoms with E-state index in [4.69, 9.17) is 36.8 Å². The van der Waals surface area contributed by atoms with E-state index >= 15 is 0 Å². The fraction of sp³-hybridized carbons (Fsp3) is 0.467. The van der Waals surface area contributed by atoms with Crippen LogP contribution in [0.1, 0.15) is 42.4 Å².